The Bertz CT molecular complexity index is 825. The molecule has 1 amide bonds. The van der Waals surface area contributed by atoms with E-state index >= 15 is 0 Å². The quantitative estimate of drug-likeness (QED) is 0.0930. The van der Waals surface area contributed by atoms with Crippen molar-refractivity contribution in [2.75, 3.05) is 18.9 Å². The number of rotatable bonds is 20. The van der Waals surface area contributed by atoms with Crippen LogP contribution in [0.25, 0.3) is 0 Å². The monoisotopic (exact) mass is 605 g/mol. The van der Waals surface area contributed by atoms with Crippen LogP contribution in [0, 0.1) is 0 Å². The van der Waals surface area contributed by atoms with E-state index in [0.29, 0.717) is 6.54 Å². The third-order valence-corrected chi connectivity index (χ3v) is 6.86. The van der Waals surface area contributed by atoms with Crippen molar-refractivity contribution in [2.45, 2.75) is 130 Å². The summed E-state index contributed by atoms with van der Waals surface area (Å²) in [4.78, 5) is 59.2. The second kappa shape index (κ2) is 21.3. The summed E-state index contributed by atoms with van der Waals surface area (Å²) >= 11 is 0.760. The van der Waals surface area contributed by atoms with Crippen LogP contribution in [-0.2, 0) is 51.8 Å². The predicted octanol–water partition coefficient (Wildman–Crippen LogP) is 3.77. The van der Waals surface area contributed by atoms with Crippen LogP contribution < -0.4 is 5.32 Å². The SMILES string of the molecule is CCCCCCCCCCCCNC(=O)CSO[C@@H]1O[C@H](COC(C)=O)[C@@H](OC(C)=O)[C@H](OC(C)=O)[C@H]1OC(C)=O. The fourth-order valence-electron chi connectivity index (χ4n) is 4.31. The maximum atomic E-state index is 12.3. The molecular weight excluding hydrogens is 558 g/mol. The molecule has 0 spiro atoms. The average Bonchev–Trinajstić information content (AvgIpc) is 2.88. The highest BCUT2D eigenvalue weighted by molar-refractivity contribution is 7.95. The summed E-state index contributed by atoms with van der Waals surface area (Å²) in [5, 5.41) is 2.84. The zero-order valence-electron chi connectivity index (χ0n) is 25.0. The molecule has 5 atom stereocenters. The summed E-state index contributed by atoms with van der Waals surface area (Å²) in [6.45, 7) is 7.01. The first-order chi connectivity index (χ1) is 19.5. The van der Waals surface area contributed by atoms with Crippen LogP contribution in [-0.4, -0.2) is 79.4 Å². The summed E-state index contributed by atoms with van der Waals surface area (Å²) in [6, 6.07) is 0. The smallest absolute Gasteiger partial charge is 0.303 e. The zero-order valence-corrected chi connectivity index (χ0v) is 25.8. The summed E-state index contributed by atoms with van der Waals surface area (Å²) in [6.07, 6.45) is 5.62. The standard InChI is InChI=1S/C28H47NO11S/c1-6-7-8-9-10-11-12-13-14-15-16-29-24(34)18-41-40-28-27(38-22(5)33)26(37-21(4)32)25(36-20(3)31)23(39-28)17-35-19(2)30/h23,25-28H,6-18H2,1-5H3,(H,29,34)/t23-,25-,26+,27-,28+/m1/s1. The molecule has 1 rings (SSSR count). The van der Waals surface area contributed by atoms with Crippen LogP contribution in [0.2, 0.25) is 0 Å². The number of esters is 4. The fourth-order valence-corrected chi connectivity index (χ4v) is 4.88. The van der Waals surface area contributed by atoms with E-state index in [1.165, 1.54) is 51.9 Å². The molecule has 0 unspecified atom stereocenters. The van der Waals surface area contributed by atoms with Crippen molar-refractivity contribution in [3.8, 4) is 0 Å². The minimum atomic E-state index is -1.34. The van der Waals surface area contributed by atoms with Crippen molar-refractivity contribution < 1.29 is 51.8 Å². The first-order valence-electron chi connectivity index (χ1n) is 14.4. The van der Waals surface area contributed by atoms with Crippen molar-refractivity contribution in [3.63, 3.8) is 0 Å². The van der Waals surface area contributed by atoms with Crippen LogP contribution in [0.3, 0.4) is 0 Å². The van der Waals surface area contributed by atoms with E-state index in [1.54, 1.807) is 0 Å². The maximum absolute atomic E-state index is 12.3. The van der Waals surface area contributed by atoms with Gasteiger partial charge in [-0.05, 0) is 6.42 Å². The summed E-state index contributed by atoms with van der Waals surface area (Å²) in [5.74, 6) is -3.15. The van der Waals surface area contributed by atoms with Gasteiger partial charge in [0, 0.05) is 46.3 Å². The van der Waals surface area contributed by atoms with E-state index in [-0.39, 0.29) is 18.3 Å². The molecule has 1 saturated heterocycles. The Balaban J connectivity index is 2.63. The van der Waals surface area contributed by atoms with Gasteiger partial charge in [-0.3, -0.25) is 28.2 Å². The molecule has 0 bridgehead atoms. The molecule has 1 fully saturated rings. The highest BCUT2D eigenvalue weighted by Gasteiger charge is 2.53. The molecule has 0 aromatic heterocycles. The fraction of sp³-hybridized carbons (Fsp3) is 0.821. The molecule has 0 saturated carbocycles. The minimum Gasteiger partial charge on any atom is -0.463 e. The lowest BCUT2D eigenvalue weighted by Crippen LogP contribution is -2.62. The highest BCUT2D eigenvalue weighted by atomic mass is 32.2. The number of unbranched alkanes of at least 4 members (excludes halogenated alkanes) is 9. The van der Waals surface area contributed by atoms with Gasteiger partial charge >= 0.3 is 23.9 Å². The Morgan fingerprint density at radius 2 is 1.20 bits per heavy atom. The molecule has 0 aliphatic carbocycles. The first-order valence-corrected chi connectivity index (χ1v) is 15.3. The van der Waals surface area contributed by atoms with Gasteiger partial charge in [0.25, 0.3) is 0 Å². The van der Waals surface area contributed by atoms with Crippen molar-refractivity contribution >= 4 is 41.8 Å². The van der Waals surface area contributed by atoms with Crippen LogP contribution in [0.5, 0.6) is 0 Å². The molecule has 236 valence electrons. The minimum absolute atomic E-state index is 0.0787. The molecule has 0 aromatic rings. The number of carbonyl (C=O) groups excluding carboxylic acids is 5. The molecule has 12 nitrogen and oxygen atoms in total. The van der Waals surface area contributed by atoms with Crippen LogP contribution in [0.4, 0.5) is 0 Å². The Labute approximate surface area is 247 Å². The molecular formula is C28H47NO11S. The molecule has 0 aromatic carbocycles. The van der Waals surface area contributed by atoms with Gasteiger partial charge in [0.1, 0.15) is 12.7 Å². The molecule has 1 aliphatic heterocycles. The Kier molecular flexibility index (Phi) is 19.1. The molecule has 41 heavy (non-hydrogen) atoms. The molecule has 1 N–H and O–H groups in total. The summed E-state index contributed by atoms with van der Waals surface area (Å²) < 4.78 is 32.5. The van der Waals surface area contributed by atoms with Gasteiger partial charge in [0.15, 0.2) is 18.3 Å². The summed E-state index contributed by atoms with van der Waals surface area (Å²) in [5.41, 5.74) is 0. The average molecular weight is 606 g/mol. The number of ether oxygens (including phenoxy) is 5. The van der Waals surface area contributed by atoms with Gasteiger partial charge in [-0.2, -0.15) is 0 Å². The number of hydrogen-bond acceptors (Lipinski definition) is 12. The van der Waals surface area contributed by atoms with Gasteiger partial charge < -0.3 is 29.0 Å². The van der Waals surface area contributed by atoms with Crippen LogP contribution >= 0.6 is 12.0 Å². The van der Waals surface area contributed by atoms with Crippen molar-refractivity contribution in [3.05, 3.63) is 0 Å². The molecule has 13 heteroatoms. The van der Waals surface area contributed by atoms with Crippen LogP contribution in [0.1, 0.15) is 98.8 Å². The number of amides is 1. The van der Waals surface area contributed by atoms with Gasteiger partial charge in [0.2, 0.25) is 12.2 Å². The van der Waals surface area contributed by atoms with Crippen LogP contribution in [0.15, 0.2) is 0 Å². The van der Waals surface area contributed by atoms with Gasteiger partial charge in [-0.25, -0.2) is 0 Å². The third kappa shape index (κ3) is 16.6. The zero-order chi connectivity index (χ0) is 30.6. The lowest BCUT2D eigenvalue weighted by atomic mass is 9.98. The van der Waals surface area contributed by atoms with Crippen molar-refractivity contribution in [1.82, 2.24) is 5.32 Å². The normalized spacial score (nSPS) is 21.9. The first kappa shape index (κ1) is 36.6. The molecule has 1 heterocycles. The third-order valence-electron chi connectivity index (χ3n) is 6.15. The van der Waals surface area contributed by atoms with Gasteiger partial charge in [-0.1, -0.05) is 64.7 Å². The Morgan fingerprint density at radius 1 is 0.683 bits per heavy atom. The van der Waals surface area contributed by atoms with Gasteiger partial charge in [-0.15, -0.1) is 0 Å². The highest BCUT2D eigenvalue weighted by Crippen LogP contribution is 2.31. The number of nitrogens with one attached hydrogen (secondary N) is 1. The molecule has 1 aliphatic rings. The lowest BCUT2D eigenvalue weighted by molar-refractivity contribution is -0.286. The van der Waals surface area contributed by atoms with E-state index in [2.05, 4.69) is 12.2 Å². The Hall–Kier alpha value is -2.38. The number of hydrogen-bond donors (Lipinski definition) is 1. The van der Waals surface area contributed by atoms with Crippen molar-refractivity contribution in [2.24, 2.45) is 0 Å². The molecule has 0 radical (unpaired) electrons. The largest absolute Gasteiger partial charge is 0.463 e. The van der Waals surface area contributed by atoms with Gasteiger partial charge in [0.05, 0.1) is 5.75 Å². The van der Waals surface area contributed by atoms with Crippen molar-refractivity contribution in [1.29, 1.82) is 0 Å². The second-order valence-corrected chi connectivity index (χ2v) is 10.7. The van der Waals surface area contributed by atoms with E-state index in [4.69, 9.17) is 27.9 Å². The lowest BCUT2D eigenvalue weighted by Gasteiger charge is -2.43. The van der Waals surface area contributed by atoms with E-state index in [1.807, 2.05) is 0 Å². The summed E-state index contributed by atoms with van der Waals surface area (Å²) in [7, 11) is 0. The Morgan fingerprint density at radius 3 is 1.73 bits per heavy atom. The van der Waals surface area contributed by atoms with E-state index in [9.17, 15) is 24.0 Å². The van der Waals surface area contributed by atoms with E-state index < -0.39 is 54.6 Å². The second-order valence-electron chi connectivity index (χ2n) is 9.96. The van der Waals surface area contributed by atoms with E-state index in [0.717, 1.165) is 52.1 Å². The number of carbonyl (C=O) groups is 5. The predicted molar refractivity (Wildman–Crippen MR) is 150 cm³/mol. The maximum Gasteiger partial charge on any atom is 0.303 e. The topological polar surface area (TPSA) is 153 Å².